The maximum absolute atomic E-state index is 6.13. The number of nitrogens with zero attached hydrogens (tertiary/aromatic N) is 3. The number of rotatable bonds is 5. The summed E-state index contributed by atoms with van der Waals surface area (Å²) < 4.78 is 0. The molecule has 0 radical (unpaired) electrons. The van der Waals surface area contributed by atoms with Crippen LogP contribution in [-0.4, -0.2) is 66.5 Å². The van der Waals surface area contributed by atoms with Crippen molar-refractivity contribution >= 4 is 41.7 Å². The molecule has 2 fully saturated rings. The van der Waals surface area contributed by atoms with Gasteiger partial charge < -0.3 is 15.5 Å². The molecule has 0 amide bonds. The summed E-state index contributed by atoms with van der Waals surface area (Å²) >= 11 is 2.01. The van der Waals surface area contributed by atoms with Gasteiger partial charge in [0.15, 0.2) is 5.96 Å². The first-order chi connectivity index (χ1) is 10.1. The van der Waals surface area contributed by atoms with E-state index in [1.807, 2.05) is 11.8 Å². The van der Waals surface area contributed by atoms with Crippen molar-refractivity contribution in [1.82, 2.24) is 9.80 Å². The fourth-order valence-electron chi connectivity index (χ4n) is 2.95. The first-order valence-electron chi connectivity index (χ1n) is 8.50. The fraction of sp³-hybridized carbons (Fsp3) is 0.938. The van der Waals surface area contributed by atoms with E-state index >= 15 is 0 Å². The van der Waals surface area contributed by atoms with E-state index in [-0.39, 0.29) is 24.0 Å². The second kappa shape index (κ2) is 11.0. The quantitative estimate of drug-likeness (QED) is 0.406. The summed E-state index contributed by atoms with van der Waals surface area (Å²) in [6.45, 7) is 11.4. The zero-order valence-corrected chi connectivity index (χ0v) is 17.3. The van der Waals surface area contributed by atoms with E-state index in [0.29, 0.717) is 0 Å². The van der Waals surface area contributed by atoms with Gasteiger partial charge in [-0.1, -0.05) is 13.8 Å². The highest BCUT2D eigenvalue weighted by Crippen LogP contribution is 2.18. The molecule has 2 N–H and O–H groups in total. The Hall–Kier alpha value is 0.310. The molecule has 0 unspecified atom stereocenters. The fourth-order valence-corrected chi connectivity index (χ4v) is 3.85. The van der Waals surface area contributed by atoms with Crippen molar-refractivity contribution in [1.29, 1.82) is 0 Å². The molecule has 0 aromatic rings. The lowest BCUT2D eigenvalue weighted by Gasteiger charge is -2.32. The summed E-state index contributed by atoms with van der Waals surface area (Å²) in [6.07, 6.45) is 3.89. The van der Waals surface area contributed by atoms with Crippen molar-refractivity contribution < 1.29 is 0 Å². The van der Waals surface area contributed by atoms with Gasteiger partial charge >= 0.3 is 0 Å². The lowest BCUT2D eigenvalue weighted by atomic mass is 9.96. The third-order valence-corrected chi connectivity index (χ3v) is 5.52. The molecule has 2 rings (SSSR count). The Morgan fingerprint density at radius 1 is 1.18 bits per heavy atom. The van der Waals surface area contributed by atoms with Crippen LogP contribution in [0.5, 0.6) is 0 Å². The third-order valence-electron chi connectivity index (χ3n) is 4.58. The van der Waals surface area contributed by atoms with Crippen molar-refractivity contribution in [3.05, 3.63) is 0 Å². The third kappa shape index (κ3) is 7.25. The maximum Gasteiger partial charge on any atom is 0.191 e. The predicted octanol–water partition coefficient (Wildman–Crippen LogP) is 2.73. The van der Waals surface area contributed by atoms with Gasteiger partial charge in [0.2, 0.25) is 0 Å². The summed E-state index contributed by atoms with van der Waals surface area (Å²) in [6, 6.07) is 0. The monoisotopic (exact) mass is 440 g/mol. The molecule has 2 aliphatic rings. The SMILES string of the molecule is CC(C)CCN1CCC(CN=C(N)N2CCSCC2)CC1.I. The zero-order valence-electron chi connectivity index (χ0n) is 14.2. The average molecular weight is 440 g/mol. The Kier molecular flexibility index (Phi) is 10.1. The average Bonchev–Trinajstić information content (AvgIpc) is 2.52. The van der Waals surface area contributed by atoms with E-state index in [2.05, 4.69) is 28.6 Å². The summed E-state index contributed by atoms with van der Waals surface area (Å²) in [7, 11) is 0. The van der Waals surface area contributed by atoms with Gasteiger partial charge in [0, 0.05) is 31.1 Å². The Morgan fingerprint density at radius 3 is 2.41 bits per heavy atom. The minimum absolute atomic E-state index is 0. The van der Waals surface area contributed by atoms with Gasteiger partial charge in [-0.05, 0) is 50.7 Å². The van der Waals surface area contributed by atoms with Crippen LogP contribution in [0, 0.1) is 11.8 Å². The number of halogens is 1. The van der Waals surface area contributed by atoms with Crippen molar-refractivity contribution in [3.63, 3.8) is 0 Å². The van der Waals surface area contributed by atoms with Crippen LogP contribution >= 0.6 is 35.7 Å². The van der Waals surface area contributed by atoms with E-state index < -0.39 is 0 Å². The molecule has 4 nitrogen and oxygen atoms in total. The number of aliphatic imine (C=N–C) groups is 1. The van der Waals surface area contributed by atoms with Crippen molar-refractivity contribution in [3.8, 4) is 0 Å². The smallest absolute Gasteiger partial charge is 0.191 e. The van der Waals surface area contributed by atoms with E-state index in [0.717, 1.165) is 37.4 Å². The van der Waals surface area contributed by atoms with Crippen LogP contribution in [0.4, 0.5) is 0 Å². The van der Waals surface area contributed by atoms with Gasteiger partial charge in [0.25, 0.3) is 0 Å². The van der Waals surface area contributed by atoms with Crippen LogP contribution < -0.4 is 5.73 Å². The molecule has 6 heteroatoms. The molecule has 0 aromatic carbocycles. The standard InChI is InChI=1S/C16H32N4S.HI/c1-14(2)3-6-19-7-4-15(5-8-19)13-18-16(17)20-9-11-21-12-10-20;/h14-15H,3-13H2,1-2H3,(H2,17,18);1H. The Labute approximate surface area is 157 Å². The molecular weight excluding hydrogens is 407 g/mol. The van der Waals surface area contributed by atoms with Crippen LogP contribution in [-0.2, 0) is 0 Å². The summed E-state index contributed by atoms with van der Waals surface area (Å²) in [5.74, 6) is 4.69. The number of guanidine groups is 1. The van der Waals surface area contributed by atoms with Crippen LogP contribution in [0.15, 0.2) is 4.99 Å². The number of likely N-dealkylation sites (tertiary alicyclic amines) is 1. The summed E-state index contributed by atoms with van der Waals surface area (Å²) in [4.78, 5) is 9.52. The number of piperidine rings is 1. The van der Waals surface area contributed by atoms with Gasteiger partial charge in [-0.25, -0.2) is 0 Å². The number of hydrogen-bond acceptors (Lipinski definition) is 3. The second-order valence-corrected chi connectivity index (χ2v) is 7.99. The molecule has 22 heavy (non-hydrogen) atoms. The molecule has 130 valence electrons. The molecule has 2 saturated heterocycles. The van der Waals surface area contributed by atoms with Crippen LogP contribution in [0.25, 0.3) is 0 Å². The summed E-state index contributed by atoms with van der Waals surface area (Å²) in [5.41, 5.74) is 6.13. The zero-order chi connectivity index (χ0) is 15.1. The number of nitrogens with two attached hydrogens (primary N) is 1. The van der Waals surface area contributed by atoms with Crippen LogP contribution in [0.3, 0.4) is 0 Å². The lowest BCUT2D eigenvalue weighted by molar-refractivity contribution is 0.179. The first kappa shape index (κ1) is 20.4. The van der Waals surface area contributed by atoms with Crippen molar-refractivity contribution in [2.24, 2.45) is 22.6 Å². The highest BCUT2D eigenvalue weighted by atomic mass is 127. The normalized spacial score (nSPS) is 22.0. The van der Waals surface area contributed by atoms with Crippen molar-refractivity contribution in [2.75, 3.05) is 50.8 Å². The highest BCUT2D eigenvalue weighted by molar-refractivity contribution is 14.0. The van der Waals surface area contributed by atoms with Gasteiger partial charge in [-0.15, -0.1) is 24.0 Å². The lowest BCUT2D eigenvalue weighted by Crippen LogP contribution is -2.43. The first-order valence-corrected chi connectivity index (χ1v) is 9.65. The van der Waals surface area contributed by atoms with Gasteiger partial charge in [0.1, 0.15) is 0 Å². The Bertz CT molecular complexity index is 324. The molecule has 0 spiro atoms. The minimum atomic E-state index is 0. The maximum atomic E-state index is 6.13. The molecule has 0 atom stereocenters. The number of hydrogen-bond donors (Lipinski definition) is 1. The molecule has 2 aliphatic heterocycles. The van der Waals surface area contributed by atoms with Gasteiger partial charge in [0.05, 0.1) is 0 Å². The topological polar surface area (TPSA) is 44.9 Å². The predicted molar refractivity (Wildman–Crippen MR) is 109 cm³/mol. The van der Waals surface area contributed by atoms with E-state index in [1.165, 1.54) is 50.4 Å². The van der Waals surface area contributed by atoms with Crippen LogP contribution in [0.1, 0.15) is 33.1 Å². The minimum Gasteiger partial charge on any atom is -0.370 e. The molecule has 0 saturated carbocycles. The molecule has 0 aliphatic carbocycles. The molecular formula is C16H33IN4S. The van der Waals surface area contributed by atoms with E-state index in [1.54, 1.807) is 0 Å². The second-order valence-electron chi connectivity index (χ2n) is 6.77. The van der Waals surface area contributed by atoms with Crippen LogP contribution in [0.2, 0.25) is 0 Å². The van der Waals surface area contributed by atoms with Crippen molar-refractivity contribution in [2.45, 2.75) is 33.1 Å². The number of thioether (sulfide) groups is 1. The molecule has 0 bridgehead atoms. The largest absolute Gasteiger partial charge is 0.370 e. The van der Waals surface area contributed by atoms with Gasteiger partial charge in [-0.3, -0.25) is 4.99 Å². The van der Waals surface area contributed by atoms with E-state index in [9.17, 15) is 0 Å². The molecule has 0 aromatic heterocycles. The Morgan fingerprint density at radius 2 is 1.82 bits per heavy atom. The van der Waals surface area contributed by atoms with E-state index in [4.69, 9.17) is 5.73 Å². The van der Waals surface area contributed by atoms with Gasteiger partial charge in [-0.2, -0.15) is 11.8 Å². The Balaban J connectivity index is 0.00000242. The molecule has 2 heterocycles. The highest BCUT2D eigenvalue weighted by Gasteiger charge is 2.19. The summed E-state index contributed by atoms with van der Waals surface area (Å²) in [5, 5.41) is 0.